The predicted octanol–water partition coefficient (Wildman–Crippen LogP) is 12.5. The first-order chi connectivity index (χ1) is 14.4. The molecule has 1 nitrogen and oxygen atoms in total. The van der Waals surface area contributed by atoms with Crippen LogP contribution >= 0.6 is 0 Å². The molecule has 1 aliphatic rings. The van der Waals surface area contributed by atoms with E-state index in [4.69, 9.17) is 0 Å². The van der Waals surface area contributed by atoms with Gasteiger partial charge in [-0.1, -0.05) is 168 Å². The van der Waals surface area contributed by atoms with Crippen molar-refractivity contribution in [2.45, 2.75) is 174 Å². The Labute approximate surface area is 203 Å². The average Bonchev–Trinajstić information content (AvgIpc) is 3.52. The lowest BCUT2D eigenvalue weighted by atomic mass is 9.96. The van der Waals surface area contributed by atoms with E-state index in [-0.39, 0.29) is 6.15 Å². The van der Waals surface area contributed by atoms with E-state index >= 15 is 0 Å². The van der Waals surface area contributed by atoms with E-state index in [1.165, 1.54) is 77.0 Å². The highest BCUT2D eigenvalue weighted by atomic mass is 14.3. The van der Waals surface area contributed by atoms with Crippen molar-refractivity contribution in [1.82, 2.24) is 6.15 Å². The largest absolute Gasteiger partial charge is 0.344 e. The van der Waals surface area contributed by atoms with Gasteiger partial charge in [-0.25, -0.2) is 0 Å². The van der Waals surface area contributed by atoms with Gasteiger partial charge in [0.15, 0.2) is 0 Å². The second-order valence-corrected chi connectivity index (χ2v) is 8.66. The maximum absolute atomic E-state index is 2.41. The summed E-state index contributed by atoms with van der Waals surface area (Å²) in [4.78, 5) is 0. The molecule has 1 aliphatic carbocycles. The molecule has 0 aromatic heterocycles. The van der Waals surface area contributed by atoms with Gasteiger partial charge in [-0.3, -0.25) is 0 Å². The van der Waals surface area contributed by atoms with Gasteiger partial charge >= 0.3 is 0 Å². The summed E-state index contributed by atoms with van der Waals surface area (Å²) in [7, 11) is 0. The van der Waals surface area contributed by atoms with Crippen LogP contribution in [-0.2, 0) is 0 Å². The smallest absolute Gasteiger partial charge is 0.0388 e. The molecule has 0 aromatic carbocycles. The Morgan fingerprint density at radius 2 is 1.00 bits per heavy atom. The summed E-state index contributed by atoms with van der Waals surface area (Å²) in [5, 5.41) is 0. The summed E-state index contributed by atoms with van der Waals surface area (Å²) in [6.45, 7) is 30.3. The highest BCUT2D eigenvalue weighted by molar-refractivity contribution is 4.80. The minimum atomic E-state index is 0. The first-order valence-electron chi connectivity index (χ1n) is 14.4. The molecule has 31 heavy (non-hydrogen) atoms. The first-order valence-corrected chi connectivity index (χ1v) is 14.4. The topological polar surface area (TPSA) is 35.0 Å². The van der Waals surface area contributed by atoms with Crippen molar-refractivity contribution >= 4 is 0 Å². The highest BCUT2D eigenvalue weighted by Crippen LogP contribution is 2.39. The molecule has 0 amide bonds. The van der Waals surface area contributed by atoms with Gasteiger partial charge in [0.1, 0.15) is 0 Å². The number of rotatable bonds is 11. The van der Waals surface area contributed by atoms with Crippen molar-refractivity contribution in [2.24, 2.45) is 23.7 Å². The Balaban J connectivity index is -0.0000000762. The lowest BCUT2D eigenvalue weighted by Gasteiger charge is -2.10. The molecular formula is C30H73N. The lowest BCUT2D eigenvalue weighted by molar-refractivity contribution is 0.434. The number of unbranched alkanes of at least 4 members (excludes halogenated alkanes) is 4. The second kappa shape index (κ2) is 43.8. The summed E-state index contributed by atoms with van der Waals surface area (Å²) >= 11 is 0. The molecule has 198 valence electrons. The fourth-order valence-electron chi connectivity index (χ4n) is 2.89. The van der Waals surface area contributed by atoms with E-state index in [1.54, 1.807) is 0 Å². The van der Waals surface area contributed by atoms with Crippen LogP contribution in [0.3, 0.4) is 0 Å². The van der Waals surface area contributed by atoms with Gasteiger partial charge in [0.25, 0.3) is 0 Å². The van der Waals surface area contributed by atoms with E-state index in [1.807, 2.05) is 41.5 Å². The van der Waals surface area contributed by atoms with E-state index < -0.39 is 0 Å². The van der Waals surface area contributed by atoms with Crippen LogP contribution in [0.2, 0.25) is 0 Å². The predicted molar refractivity (Wildman–Crippen MR) is 154 cm³/mol. The van der Waals surface area contributed by atoms with Gasteiger partial charge in [0.05, 0.1) is 0 Å². The number of hydrogen-bond donors (Lipinski definition) is 1. The standard InChI is InChI=1S/C14H30.C6H12.C4H10.3C2H6.H3N/c1-5-6-11-14(4)12-9-7-8-10-13(2)3;1-3-6-4-5(6)2;1-3-4-2;3*1-2;/h13-14H,5-12H2,1-4H3;5-6H,3-4H2,1-2H3;3-4H2,1-2H3;3*1-2H3;1H3. The van der Waals surface area contributed by atoms with Crippen LogP contribution < -0.4 is 6.15 Å². The number of hydrogen-bond acceptors (Lipinski definition) is 1. The fraction of sp³-hybridized carbons (Fsp3) is 1.00. The van der Waals surface area contributed by atoms with Gasteiger partial charge in [-0.2, -0.15) is 0 Å². The van der Waals surface area contributed by atoms with Crippen molar-refractivity contribution in [2.75, 3.05) is 0 Å². The van der Waals surface area contributed by atoms with Crippen molar-refractivity contribution in [3.8, 4) is 0 Å². The average molecular weight is 448 g/mol. The maximum Gasteiger partial charge on any atom is -0.0388 e. The summed E-state index contributed by atoms with van der Waals surface area (Å²) < 4.78 is 0. The summed E-state index contributed by atoms with van der Waals surface area (Å²) in [5.74, 6) is 4.03. The van der Waals surface area contributed by atoms with Crippen LogP contribution in [-0.4, -0.2) is 0 Å². The Hall–Kier alpha value is -0.0400. The molecule has 0 saturated heterocycles. The third kappa shape index (κ3) is 53.3. The van der Waals surface area contributed by atoms with E-state index in [9.17, 15) is 0 Å². The summed E-state index contributed by atoms with van der Waals surface area (Å²) in [5.41, 5.74) is 0. The SMILES string of the molecule is CC.CC.CC.CCC1CC1C.CCCC.CCCCC(C)CCCCCC(C)C.N. The normalized spacial score (nSPS) is 16.0. The van der Waals surface area contributed by atoms with E-state index in [0.29, 0.717) is 0 Å². The van der Waals surface area contributed by atoms with Crippen LogP contribution in [0.1, 0.15) is 174 Å². The zero-order valence-electron chi connectivity index (χ0n) is 25.5. The molecule has 3 atom stereocenters. The monoisotopic (exact) mass is 448 g/mol. The van der Waals surface area contributed by atoms with Gasteiger partial charge in [0.2, 0.25) is 0 Å². The molecule has 3 N–H and O–H groups in total. The first kappa shape index (κ1) is 44.6. The molecule has 0 aliphatic heterocycles. The molecule has 0 bridgehead atoms. The van der Waals surface area contributed by atoms with Gasteiger partial charge in [-0.15, -0.1) is 0 Å². The zero-order valence-corrected chi connectivity index (χ0v) is 25.5. The molecule has 0 aromatic rings. The second-order valence-electron chi connectivity index (χ2n) is 8.66. The quantitative estimate of drug-likeness (QED) is 0.314. The maximum atomic E-state index is 2.41. The van der Waals surface area contributed by atoms with Crippen molar-refractivity contribution < 1.29 is 0 Å². The van der Waals surface area contributed by atoms with Crippen LogP contribution in [0.5, 0.6) is 0 Å². The molecule has 0 radical (unpaired) electrons. The minimum Gasteiger partial charge on any atom is -0.344 e. The van der Waals surface area contributed by atoms with Crippen LogP contribution in [0, 0.1) is 23.7 Å². The molecule has 1 saturated carbocycles. The van der Waals surface area contributed by atoms with Gasteiger partial charge in [0, 0.05) is 0 Å². The van der Waals surface area contributed by atoms with Crippen LogP contribution in [0.15, 0.2) is 0 Å². The molecule has 1 fully saturated rings. The van der Waals surface area contributed by atoms with Crippen LogP contribution in [0.25, 0.3) is 0 Å². The molecule has 0 heterocycles. The van der Waals surface area contributed by atoms with Crippen molar-refractivity contribution in [1.29, 1.82) is 0 Å². The van der Waals surface area contributed by atoms with Crippen molar-refractivity contribution in [3.05, 3.63) is 0 Å². The summed E-state index contributed by atoms with van der Waals surface area (Å²) in [6, 6.07) is 0. The Morgan fingerprint density at radius 1 is 0.613 bits per heavy atom. The third-order valence-corrected chi connectivity index (χ3v) is 5.33. The lowest BCUT2D eigenvalue weighted by Crippen LogP contribution is -1.95. The molecule has 1 rings (SSSR count). The van der Waals surface area contributed by atoms with Gasteiger partial charge < -0.3 is 6.15 Å². The minimum absolute atomic E-state index is 0. The Morgan fingerprint density at radius 3 is 1.26 bits per heavy atom. The molecular weight excluding hydrogens is 374 g/mol. The van der Waals surface area contributed by atoms with Gasteiger partial charge in [-0.05, 0) is 30.1 Å². The summed E-state index contributed by atoms with van der Waals surface area (Å²) in [6.07, 6.45) is 17.0. The molecule has 0 spiro atoms. The molecule has 1 heteroatoms. The third-order valence-electron chi connectivity index (χ3n) is 5.33. The van der Waals surface area contributed by atoms with E-state index in [0.717, 1.165) is 23.7 Å². The molecule has 3 unspecified atom stereocenters. The Bertz CT molecular complexity index is 220. The zero-order chi connectivity index (χ0) is 24.8. The van der Waals surface area contributed by atoms with E-state index in [2.05, 4.69) is 55.4 Å². The van der Waals surface area contributed by atoms with Crippen LogP contribution in [0.4, 0.5) is 0 Å². The Kier molecular flexibility index (Phi) is 63.0. The highest BCUT2D eigenvalue weighted by Gasteiger charge is 2.29. The van der Waals surface area contributed by atoms with Crippen molar-refractivity contribution in [3.63, 3.8) is 0 Å². The fourth-order valence-corrected chi connectivity index (χ4v) is 2.89.